The summed E-state index contributed by atoms with van der Waals surface area (Å²) in [6.45, 7) is 4.57. The minimum atomic E-state index is -0.110. The maximum atomic E-state index is 2.59. The van der Waals surface area contributed by atoms with Crippen molar-refractivity contribution >= 4 is 41.4 Å². The molecule has 4 nitrogen and oxygen atoms in total. The molecule has 5 heteroatoms. The first-order chi connectivity index (χ1) is 21.2. The van der Waals surface area contributed by atoms with Crippen molar-refractivity contribution in [3.8, 4) is 22.3 Å². The molecular weight excluding hydrogens is 523 g/mol. The molecular formula is C38H30BN4+. The first-order valence-corrected chi connectivity index (χ1v) is 15.1. The summed E-state index contributed by atoms with van der Waals surface area (Å²) in [4.78, 5) is 7.74. The van der Waals surface area contributed by atoms with E-state index in [9.17, 15) is 0 Å². The second kappa shape index (κ2) is 9.11. The zero-order valence-corrected chi connectivity index (χ0v) is 24.2. The maximum absolute atomic E-state index is 2.59. The van der Waals surface area contributed by atoms with Gasteiger partial charge in [0.25, 0.3) is 5.82 Å². The molecule has 0 bridgehead atoms. The Bertz CT molecular complexity index is 1980. The molecule has 0 spiro atoms. The van der Waals surface area contributed by atoms with Gasteiger partial charge in [0, 0.05) is 22.4 Å². The highest BCUT2D eigenvalue weighted by molar-refractivity contribution is 6.80. The van der Waals surface area contributed by atoms with Gasteiger partial charge in [-0.1, -0.05) is 109 Å². The fourth-order valence-corrected chi connectivity index (χ4v) is 7.49. The molecule has 0 aliphatic carbocycles. The Hall–Kier alpha value is -5.29. The SMILES string of the molecule is Cc1cc[n+]2c3c1N1B(N(c4c(-c5ccccc5)cccc4-c4ccccc4)c4ccccc41)N3c1ccccc1[C@H]2C. The van der Waals surface area contributed by atoms with Gasteiger partial charge in [-0.15, -0.1) is 0 Å². The van der Waals surface area contributed by atoms with E-state index in [0.29, 0.717) is 0 Å². The summed E-state index contributed by atoms with van der Waals surface area (Å²) in [6.07, 6.45) is 2.27. The Balaban J connectivity index is 1.39. The first kappa shape index (κ1) is 24.3. The van der Waals surface area contributed by atoms with Crippen LogP contribution < -0.4 is 19.0 Å². The predicted octanol–water partition coefficient (Wildman–Crippen LogP) is 8.97. The number of hydrogen-bond acceptors (Lipinski definition) is 3. The molecule has 3 aliphatic heterocycles. The summed E-state index contributed by atoms with van der Waals surface area (Å²) in [5, 5.41) is 0. The van der Waals surface area contributed by atoms with E-state index in [1.165, 1.54) is 67.6 Å². The van der Waals surface area contributed by atoms with Gasteiger partial charge in [-0.25, -0.2) is 9.38 Å². The van der Waals surface area contributed by atoms with E-state index in [4.69, 9.17) is 0 Å². The number of para-hydroxylation sites is 4. The van der Waals surface area contributed by atoms with Gasteiger partial charge < -0.3 is 9.62 Å². The zero-order chi connectivity index (χ0) is 28.7. The molecule has 3 aliphatic rings. The second-order valence-electron chi connectivity index (χ2n) is 11.7. The van der Waals surface area contributed by atoms with E-state index < -0.39 is 0 Å². The minimum absolute atomic E-state index is 0.110. The Morgan fingerprint density at radius 1 is 0.535 bits per heavy atom. The highest BCUT2D eigenvalue weighted by Crippen LogP contribution is 2.59. The van der Waals surface area contributed by atoms with Gasteiger partial charge in [-0.2, -0.15) is 0 Å². The molecule has 4 heterocycles. The van der Waals surface area contributed by atoms with Crippen molar-refractivity contribution in [1.29, 1.82) is 0 Å². The Morgan fingerprint density at radius 3 is 1.70 bits per heavy atom. The van der Waals surface area contributed by atoms with Gasteiger partial charge in [-0.3, -0.25) is 0 Å². The highest BCUT2D eigenvalue weighted by Gasteiger charge is 2.64. The average molecular weight is 553 g/mol. The molecule has 0 N–H and O–H groups in total. The molecule has 9 rings (SSSR count). The molecule has 0 saturated heterocycles. The molecule has 0 fully saturated rings. The van der Waals surface area contributed by atoms with Gasteiger partial charge in [0.1, 0.15) is 17.4 Å². The van der Waals surface area contributed by atoms with Gasteiger partial charge >= 0.3 is 7.12 Å². The number of fused-ring (bicyclic) bond motifs is 7. The van der Waals surface area contributed by atoms with Crippen LogP contribution in [0.4, 0.5) is 34.3 Å². The summed E-state index contributed by atoms with van der Waals surface area (Å²) in [6, 6.07) is 48.8. The third kappa shape index (κ3) is 3.30. The number of hydrogen-bond donors (Lipinski definition) is 0. The Kier molecular flexibility index (Phi) is 5.15. The molecule has 5 aromatic carbocycles. The molecule has 0 radical (unpaired) electrons. The lowest BCUT2D eigenvalue weighted by Crippen LogP contribution is -2.56. The van der Waals surface area contributed by atoms with Crippen molar-refractivity contribution in [3.63, 3.8) is 0 Å². The van der Waals surface area contributed by atoms with E-state index in [1.807, 2.05) is 0 Å². The summed E-state index contributed by atoms with van der Waals surface area (Å²) < 4.78 is 2.46. The van der Waals surface area contributed by atoms with Crippen molar-refractivity contribution in [3.05, 3.63) is 151 Å². The Labute approximate surface area is 252 Å². The van der Waals surface area contributed by atoms with Crippen LogP contribution in [-0.2, 0) is 0 Å². The van der Waals surface area contributed by atoms with E-state index in [-0.39, 0.29) is 13.2 Å². The van der Waals surface area contributed by atoms with E-state index >= 15 is 0 Å². The lowest BCUT2D eigenvalue weighted by Gasteiger charge is -2.33. The number of rotatable bonds is 3. The number of nitrogens with zero attached hydrogens (tertiary/aromatic N) is 4. The lowest BCUT2D eigenvalue weighted by atomic mass is 9.82. The number of aryl methyl sites for hydroxylation is 1. The van der Waals surface area contributed by atoms with Crippen molar-refractivity contribution < 1.29 is 4.57 Å². The normalized spacial score (nSPS) is 15.7. The van der Waals surface area contributed by atoms with Gasteiger partial charge in [-0.05, 0) is 54.8 Å². The van der Waals surface area contributed by atoms with Gasteiger partial charge in [0.2, 0.25) is 0 Å². The fraction of sp³-hybridized carbons (Fsp3) is 0.0789. The fourth-order valence-electron chi connectivity index (χ4n) is 7.49. The van der Waals surface area contributed by atoms with E-state index in [1.54, 1.807) is 0 Å². The molecule has 204 valence electrons. The van der Waals surface area contributed by atoms with Crippen LogP contribution in [0.15, 0.2) is 140 Å². The summed E-state index contributed by atoms with van der Waals surface area (Å²) in [5.41, 5.74) is 13.7. The quantitative estimate of drug-likeness (QED) is 0.161. The summed E-state index contributed by atoms with van der Waals surface area (Å²) >= 11 is 0. The largest absolute Gasteiger partial charge is 0.644 e. The van der Waals surface area contributed by atoms with Crippen LogP contribution in [0.25, 0.3) is 22.3 Å². The number of anilines is 6. The molecule has 6 aromatic rings. The minimum Gasteiger partial charge on any atom is -0.319 e. The third-order valence-corrected chi connectivity index (χ3v) is 9.39. The van der Waals surface area contributed by atoms with Crippen LogP contribution in [0.5, 0.6) is 0 Å². The van der Waals surface area contributed by atoms with Crippen LogP contribution in [-0.4, -0.2) is 7.12 Å². The van der Waals surface area contributed by atoms with Gasteiger partial charge in [0.15, 0.2) is 0 Å². The summed E-state index contributed by atoms with van der Waals surface area (Å²) in [7, 11) is -0.110. The van der Waals surface area contributed by atoms with Crippen molar-refractivity contribution in [2.45, 2.75) is 19.9 Å². The second-order valence-corrected chi connectivity index (χ2v) is 11.7. The topological polar surface area (TPSA) is 13.6 Å². The Morgan fingerprint density at radius 2 is 1.07 bits per heavy atom. The van der Waals surface area contributed by atoms with Crippen LogP contribution in [0, 0.1) is 6.92 Å². The highest BCUT2D eigenvalue weighted by atomic mass is 15.5. The smallest absolute Gasteiger partial charge is 0.319 e. The maximum Gasteiger partial charge on any atom is 0.644 e. The van der Waals surface area contributed by atoms with Crippen molar-refractivity contribution in [1.82, 2.24) is 0 Å². The van der Waals surface area contributed by atoms with Crippen molar-refractivity contribution in [2.24, 2.45) is 0 Å². The molecule has 0 unspecified atom stereocenters. The molecule has 1 aromatic heterocycles. The first-order valence-electron chi connectivity index (χ1n) is 15.1. The van der Waals surface area contributed by atoms with Crippen molar-refractivity contribution in [2.75, 3.05) is 14.4 Å². The zero-order valence-electron chi connectivity index (χ0n) is 24.2. The molecule has 0 saturated carbocycles. The average Bonchev–Trinajstić information content (AvgIpc) is 3.58. The number of benzene rings is 5. The lowest BCUT2D eigenvalue weighted by molar-refractivity contribution is -0.698. The monoisotopic (exact) mass is 553 g/mol. The van der Waals surface area contributed by atoms with Crippen LogP contribution in [0.3, 0.4) is 0 Å². The van der Waals surface area contributed by atoms with E-state index in [2.05, 4.69) is 173 Å². The molecule has 43 heavy (non-hydrogen) atoms. The number of pyridine rings is 1. The number of aromatic nitrogens is 1. The molecule has 0 amide bonds. The van der Waals surface area contributed by atoms with E-state index in [0.717, 1.165) is 0 Å². The molecule has 1 atom stereocenters. The third-order valence-electron chi connectivity index (χ3n) is 9.39. The predicted molar refractivity (Wildman–Crippen MR) is 178 cm³/mol. The van der Waals surface area contributed by atoms with Crippen LogP contribution in [0.1, 0.15) is 24.1 Å². The standard InChI is InChI=1S/C38H30BN4/c1-26-24-25-40-27(2)30-18-9-10-21-33(30)43-38(40)36(26)41-34-22-11-12-23-35(34)42(39(41)43)37-31(28-14-5-3-6-15-28)19-13-20-32(37)29-16-7-4-8-17-29/h3-25,27H,1-2H3/q+1/t27-/m1/s1. The van der Waals surface area contributed by atoms with Gasteiger partial charge in [0.05, 0.1) is 17.6 Å². The summed E-state index contributed by atoms with van der Waals surface area (Å²) in [5.74, 6) is 1.26. The van der Waals surface area contributed by atoms with Crippen LogP contribution >= 0.6 is 0 Å². The van der Waals surface area contributed by atoms with Crippen LogP contribution in [0.2, 0.25) is 0 Å².